The highest BCUT2D eigenvalue weighted by Gasteiger charge is 2.36. The van der Waals surface area contributed by atoms with Gasteiger partial charge in [0.15, 0.2) is 0 Å². The fraction of sp³-hybridized carbons (Fsp3) is 0.667. The molecular formula is C21H31ClN2O. The summed E-state index contributed by atoms with van der Waals surface area (Å²) in [4.78, 5) is 12.7. The first-order chi connectivity index (χ1) is 11.5. The number of amides is 1. The number of piperidine rings is 1. The van der Waals surface area contributed by atoms with Crippen LogP contribution in [-0.2, 0) is 10.2 Å². The topological polar surface area (TPSA) is 41.1 Å². The van der Waals surface area contributed by atoms with Gasteiger partial charge in [-0.3, -0.25) is 4.79 Å². The van der Waals surface area contributed by atoms with E-state index in [1.165, 1.54) is 36.8 Å². The summed E-state index contributed by atoms with van der Waals surface area (Å²) in [6.45, 7) is 4.63. The number of rotatable bonds is 3. The van der Waals surface area contributed by atoms with Crippen molar-refractivity contribution in [2.75, 3.05) is 0 Å². The first kappa shape index (κ1) is 18.7. The molecule has 3 atom stereocenters. The third-order valence-corrected chi connectivity index (χ3v) is 6.50. The monoisotopic (exact) mass is 362 g/mol. The average Bonchev–Trinajstić information content (AvgIpc) is 2.89. The van der Waals surface area contributed by atoms with Crippen LogP contribution >= 0.6 is 12.4 Å². The van der Waals surface area contributed by atoms with Crippen LogP contribution in [-0.4, -0.2) is 18.0 Å². The number of benzene rings is 1. The predicted octanol–water partition coefficient (Wildman–Crippen LogP) is 4.26. The second kappa shape index (κ2) is 7.28. The van der Waals surface area contributed by atoms with E-state index in [1.807, 2.05) is 0 Å². The highest BCUT2D eigenvalue weighted by atomic mass is 35.5. The summed E-state index contributed by atoms with van der Waals surface area (Å²) in [5.74, 6) is 0.819. The van der Waals surface area contributed by atoms with Crippen LogP contribution in [0.25, 0.3) is 0 Å². The molecule has 3 unspecified atom stereocenters. The summed E-state index contributed by atoms with van der Waals surface area (Å²) >= 11 is 0. The van der Waals surface area contributed by atoms with Gasteiger partial charge in [-0.2, -0.15) is 0 Å². The largest absolute Gasteiger partial charge is 0.349 e. The van der Waals surface area contributed by atoms with Crippen molar-refractivity contribution in [1.29, 1.82) is 0 Å². The molecular weight excluding hydrogens is 332 g/mol. The normalized spacial score (nSPS) is 32.4. The zero-order valence-corrected chi connectivity index (χ0v) is 16.2. The van der Waals surface area contributed by atoms with E-state index in [4.69, 9.17) is 0 Å². The Morgan fingerprint density at radius 2 is 1.84 bits per heavy atom. The van der Waals surface area contributed by atoms with Crippen molar-refractivity contribution in [3.8, 4) is 0 Å². The maximum Gasteiger partial charge on any atom is 0.220 e. The summed E-state index contributed by atoms with van der Waals surface area (Å²) < 4.78 is 0. The summed E-state index contributed by atoms with van der Waals surface area (Å²) in [5.41, 5.74) is 2.94. The third-order valence-electron chi connectivity index (χ3n) is 6.50. The van der Waals surface area contributed by atoms with E-state index in [0.29, 0.717) is 24.4 Å². The number of hydrogen-bond donors (Lipinski definition) is 2. The number of halogens is 1. The number of fused-ring (bicyclic) bond motifs is 3. The Bertz CT molecular complexity index is 618. The second-order valence-electron chi connectivity index (χ2n) is 8.81. The molecule has 2 aliphatic heterocycles. The Balaban J connectivity index is 0.00000182. The van der Waals surface area contributed by atoms with E-state index >= 15 is 0 Å². The standard InChI is InChI=1S/C21H30N2O.ClH/c1-21(2)10-9-19(17-5-3-4-6-18(17)21)23-20(24)13-14-11-15-7-8-16(12-14)22-15;/h3-6,14-16,19,22H,7-13H2,1-2H3,(H,23,24);1H. The molecule has 1 aromatic rings. The molecule has 0 radical (unpaired) electrons. The van der Waals surface area contributed by atoms with Gasteiger partial charge in [-0.25, -0.2) is 0 Å². The molecule has 1 aromatic carbocycles. The lowest BCUT2D eigenvalue weighted by molar-refractivity contribution is -0.123. The summed E-state index contributed by atoms with van der Waals surface area (Å²) in [5, 5.41) is 7.02. The highest BCUT2D eigenvalue weighted by molar-refractivity contribution is 5.85. The molecule has 2 bridgehead atoms. The smallest absolute Gasteiger partial charge is 0.220 e. The Hall–Kier alpha value is -1.06. The zero-order chi connectivity index (χ0) is 16.7. The quantitative estimate of drug-likeness (QED) is 0.843. The first-order valence-electron chi connectivity index (χ1n) is 9.66. The lowest BCUT2D eigenvalue weighted by Crippen LogP contribution is -2.41. The molecule has 2 saturated heterocycles. The van der Waals surface area contributed by atoms with Crippen LogP contribution in [0, 0.1) is 5.92 Å². The van der Waals surface area contributed by atoms with Crippen LogP contribution in [0.15, 0.2) is 24.3 Å². The van der Waals surface area contributed by atoms with Crippen LogP contribution in [0.3, 0.4) is 0 Å². The van der Waals surface area contributed by atoms with Crippen LogP contribution in [0.2, 0.25) is 0 Å². The second-order valence-corrected chi connectivity index (χ2v) is 8.81. The Labute approximate surface area is 157 Å². The van der Waals surface area contributed by atoms with Crippen molar-refractivity contribution in [2.45, 2.75) is 82.3 Å². The van der Waals surface area contributed by atoms with E-state index in [2.05, 4.69) is 48.7 Å². The molecule has 0 saturated carbocycles. The Morgan fingerprint density at radius 1 is 1.16 bits per heavy atom. The minimum Gasteiger partial charge on any atom is -0.349 e. The van der Waals surface area contributed by atoms with Gasteiger partial charge in [-0.1, -0.05) is 38.1 Å². The van der Waals surface area contributed by atoms with Gasteiger partial charge in [0.2, 0.25) is 5.91 Å². The van der Waals surface area contributed by atoms with Crippen molar-refractivity contribution in [3.05, 3.63) is 35.4 Å². The van der Waals surface area contributed by atoms with Crippen LogP contribution in [0.1, 0.15) is 76.0 Å². The molecule has 2 heterocycles. The molecule has 0 spiro atoms. The van der Waals surface area contributed by atoms with E-state index in [-0.39, 0.29) is 29.8 Å². The van der Waals surface area contributed by atoms with Gasteiger partial charge in [0.25, 0.3) is 0 Å². The number of carbonyl (C=O) groups excluding carboxylic acids is 1. The third kappa shape index (κ3) is 3.88. The van der Waals surface area contributed by atoms with Crippen LogP contribution in [0.5, 0.6) is 0 Å². The molecule has 138 valence electrons. The molecule has 25 heavy (non-hydrogen) atoms. The molecule has 1 amide bonds. The molecule has 1 aliphatic carbocycles. The molecule has 2 N–H and O–H groups in total. The lowest BCUT2D eigenvalue weighted by Gasteiger charge is -2.37. The summed E-state index contributed by atoms with van der Waals surface area (Å²) in [7, 11) is 0. The van der Waals surface area contributed by atoms with Crippen LogP contribution in [0.4, 0.5) is 0 Å². The number of hydrogen-bond acceptors (Lipinski definition) is 2. The van der Waals surface area contributed by atoms with Crippen molar-refractivity contribution < 1.29 is 4.79 Å². The molecule has 0 aromatic heterocycles. The van der Waals surface area contributed by atoms with E-state index in [0.717, 1.165) is 12.8 Å². The van der Waals surface area contributed by atoms with Gasteiger partial charge in [-0.15, -0.1) is 12.4 Å². The fourth-order valence-corrected chi connectivity index (χ4v) is 5.22. The SMILES string of the molecule is CC1(C)CCC(NC(=O)CC2CC3CCC(C2)N3)c2ccccc21.Cl. The fourth-order valence-electron chi connectivity index (χ4n) is 5.22. The van der Waals surface area contributed by atoms with Crippen molar-refractivity contribution >= 4 is 18.3 Å². The van der Waals surface area contributed by atoms with Gasteiger partial charge in [0.05, 0.1) is 6.04 Å². The van der Waals surface area contributed by atoms with Crippen molar-refractivity contribution in [2.24, 2.45) is 5.92 Å². The minimum atomic E-state index is 0. The van der Waals surface area contributed by atoms with Gasteiger partial charge < -0.3 is 10.6 Å². The number of carbonyl (C=O) groups is 1. The number of nitrogens with one attached hydrogen (secondary N) is 2. The molecule has 2 fully saturated rings. The Kier molecular flexibility index (Phi) is 5.45. The van der Waals surface area contributed by atoms with Crippen molar-refractivity contribution in [1.82, 2.24) is 10.6 Å². The first-order valence-corrected chi connectivity index (χ1v) is 9.66. The van der Waals surface area contributed by atoms with E-state index < -0.39 is 0 Å². The molecule has 4 heteroatoms. The predicted molar refractivity (Wildman–Crippen MR) is 104 cm³/mol. The van der Waals surface area contributed by atoms with Gasteiger partial charge in [-0.05, 0) is 61.0 Å². The van der Waals surface area contributed by atoms with Gasteiger partial charge in [0.1, 0.15) is 0 Å². The van der Waals surface area contributed by atoms with E-state index in [9.17, 15) is 4.79 Å². The van der Waals surface area contributed by atoms with Gasteiger partial charge >= 0.3 is 0 Å². The molecule has 4 rings (SSSR count). The van der Waals surface area contributed by atoms with Crippen LogP contribution < -0.4 is 10.6 Å². The minimum absolute atomic E-state index is 0. The lowest BCUT2D eigenvalue weighted by atomic mass is 9.71. The maximum absolute atomic E-state index is 12.7. The highest BCUT2D eigenvalue weighted by Crippen LogP contribution is 2.41. The molecule has 3 aliphatic rings. The van der Waals surface area contributed by atoms with E-state index in [1.54, 1.807) is 0 Å². The summed E-state index contributed by atoms with van der Waals surface area (Å²) in [6, 6.07) is 10.2. The van der Waals surface area contributed by atoms with Gasteiger partial charge in [0, 0.05) is 18.5 Å². The zero-order valence-electron chi connectivity index (χ0n) is 15.4. The maximum atomic E-state index is 12.7. The molecule has 3 nitrogen and oxygen atoms in total. The summed E-state index contributed by atoms with van der Waals surface area (Å²) in [6.07, 6.45) is 7.84. The Morgan fingerprint density at radius 3 is 2.56 bits per heavy atom. The van der Waals surface area contributed by atoms with Crippen molar-refractivity contribution in [3.63, 3.8) is 0 Å². The average molecular weight is 363 g/mol.